The molecule has 2 rings (SSSR count). The molecule has 0 radical (unpaired) electrons. The maximum Gasteiger partial charge on any atom is 0.262 e. The molecule has 0 bridgehead atoms. The number of thioether (sulfide) groups is 1. The van der Waals surface area contributed by atoms with Crippen LogP contribution in [0.5, 0.6) is 0 Å². The minimum absolute atomic E-state index is 0.0334. The lowest BCUT2D eigenvalue weighted by Crippen LogP contribution is -2.29. The van der Waals surface area contributed by atoms with Crippen molar-refractivity contribution < 1.29 is 4.79 Å². The van der Waals surface area contributed by atoms with E-state index >= 15 is 0 Å². The second-order valence-corrected chi connectivity index (χ2v) is 8.56. The second kappa shape index (κ2) is 10.1. The van der Waals surface area contributed by atoms with Crippen LogP contribution in [0, 0.1) is 5.92 Å². The molecule has 142 valence electrons. The van der Waals surface area contributed by atoms with Gasteiger partial charge in [0.05, 0.1) is 16.7 Å². The molecular formula is C19H26BrN3O2S. The van der Waals surface area contributed by atoms with Gasteiger partial charge in [-0.2, -0.15) is 0 Å². The highest BCUT2D eigenvalue weighted by Gasteiger charge is 2.13. The van der Waals surface area contributed by atoms with Crippen molar-refractivity contribution in [2.24, 2.45) is 5.92 Å². The topological polar surface area (TPSA) is 64.0 Å². The van der Waals surface area contributed by atoms with Crippen LogP contribution >= 0.6 is 27.7 Å². The van der Waals surface area contributed by atoms with E-state index in [0.29, 0.717) is 35.1 Å². The molecule has 0 aliphatic rings. The van der Waals surface area contributed by atoms with Crippen LogP contribution in [0.25, 0.3) is 10.9 Å². The van der Waals surface area contributed by atoms with Crippen molar-refractivity contribution in [3.63, 3.8) is 0 Å². The molecule has 1 aromatic heterocycles. The largest absolute Gasteiger partial charge is 0.355 e. The number of hydrogen-bond donors (Lipinski definition) is 1. The molecule has 0 saturated carbocycles. The average molecular weight is 440 g/mol. The Morgan fingerprint density at radius 3 is 2.81 bits per heavy atom. The molecule has 0 saturated heterocycles. The molecule has 0 atom stereocenters. The average Bonchev–Trinajstić information content (AvgIpc) is 2.61. The standard InChI is InChI=1S/C19H26BrN3O2S/c1-4-5-6-9-23-18(25)15-10-14(20)7-8-16(15)22-19(23)26-12-17(24)21-11-13(2)3/h7-8,10,13H,4-6,9,11-12H2,1-3H3,(H,21,24). The van der Waals surface area contributed by atoms with E-state index in [1.807, 2.05) is 18.2 Å². The molecule has 0 spiro atoms. The number of nitrogens with zero attached hydrogens (tertiary/aromatic N) is 2. The molecule has 0 aliphatic heterocycles. The number of benzene rings is 1. The lowest BCUT2D eigenvalue weighted by molar-refractivity contribution is -0.118. The molecule has 1 amide bonds. The Morgan fingerprint density at radius 2 is 2.12 bits per heavy atom. The van der Waals surface area contributed by atoms with Gasteiger partial charge in [-0.1, -0.05) is 61.3 Å². The molecule has 26 heavy (non-hydrogen) atoms. The third-order valence-electron chi connectivity index (χ3n) is 3.91. The lowest BCUT2D eigenvalue weighted by atomic mass is 10.2. The summed E-state index contributed by atoms with van der Waals surface area (Å²) in [6, 6.07) is 5.52. The number of halogens is 1. The fraction of sp³-hybridized carbons (Fsp3) is 0.526. The van der Waals surface area contributed by atoms with E-state index in [1.54, 1.807) is 4.57 Å². The first-order valence-corrected chi connectivity index (χ1v) is 10.8. The second-order valence-electron chi connectivity index (χ2n) is 6.71. The lowest BCUT2D eigenvalue weighted by Gasteiger charge is -2.13. The van der Waals surface area contributed by atoms with Crippen molar-refractivity contribution >= 4 is 44.5 Å². The molecule has 7 heteroatoms. The fourth-order valence-corrected chi connectivity index (χ4v) is 3.72. The number of nitrogens with one attached hydrogen (secondary N) is 1. The van der Waals surface area contributed by atoms with Crippen molar-refractivity contribution in [1.29, 1.82) is 0 Å². The van der Waals surface area contributed by atoms with E-state index in [1.165, 1.54) is 11.8 Å². The van der Waals surface area contributed by atoms with Crippen LogP contribution < -0.4 is 10.9 Å². The summed E-state index contributed by atoms with van der Waals surface area (Å²) < 4.78 is 2.57. The number of carbonyl (C=O) groups excluding carboxylic acids is 1. The van der Waals surface area contributed by atoms with Gasteiger partial charge in [0.15, 0.2) is 5.16 Å². The number of aromatic nitrogens is 2. The third kappa shape index (κ3) is 5.84. The molecule has 0 fully saturated rings. The van der Waals surface area contributed by atoms with Gasteiger partial charge in [-0.05, 0) is 30.5 Å². The van der Waals surface area contributed by atoms with Crippen LogP contribution in [0.4, 0.5) is 0 Å². The van der Waals surface area contributed by atoms with Gasteiger partial charge in [0.25, 0.3) is 5.56 Å². The number of carbonyl (C=O) groups is 1. The van der Waals surface area contributed by atoms with Crippen molar-refractivity contribution in [3.8, 4) is 0 Å². The Hall–Kier alpha value is -1.34. The van der Waals surface area contributed by atoms with Crippen molar-refractivity contribution in [2.45, 2.75) is 51.7 Å². The number of rotatable bonds is 9. The molecular weight excluding hydrogens is 414 g/mol. The maximum atomic E-state index is 12.9. The van der Waals surface area contributed by atoms with E-state index in [-0.39, 0.29) is 17.2 Å². The van der Waals surface area contributed by atoms with E-state index in [0.717, 1.165) is 23.7 Å². The first-order chi connectivity index (χ1) is 12.4. The Labute approximate surface area is 167 Å². The van der Waals surface area contributed by atoms with Gasteiger partial charge in [0.2, 0.25) is 5.91 Å². The highest BCUT2D eigenvalue weighted by Crippen LogP contribution is 2.21. The van der Waals surface area contributed by atoms with Gasteiger partial charge in [0.1, 0.15) is 0 Å². The predicted molar refractivity (Wildman–Crippen MR) is 112 cm³/mol. The Kier molecular flexibility index (Phi) is 8.15. The van der Waals surface area contributed by atoms with Crippen LogP contribution in [0.1, 0.15) is 40.0 Å². The zero-order valence-electron chi connectivity index (χ0n) is 15.5. The van der Waals surface area contributed by atoms with E-state index < -0.39 is 0 Å². The summed E-state index contributed by atoms with van der Waals surface area (Å²) in [5.41, 5.74) is 0.618. The fourth-order valence-electron chi connectivity index (χ4n) is 2.50. The monoisotopic (exact) mass is 439 g/mol. The summed E-state index contributed by atoms with van der Waals surface area (Å²) in [6.45, 7) is 7.52. The van der Waals surface area contributed by atoms with Crippen LogP contribution in [0.15, 0.2) is 32.6 Å². The summed E-state index contributed by atoms with van der Waals surface area (Å²) in [6.07, 6.45) is 3.06. The molecule has 1 heterocycles. The van der Waals surface area contributed by atoms with E-state index in [4.69, 9.17) is 0 Å². The highest BCUT2D eigenvalue weighted by atomic mass is 79.9. The van der Waals surface area contributed by atoms with Crippen LogP contribution in [-0.4, -0.2) is 27.8 Å². The maximum absolute atomic E-state index is 12.9. The van der Waals surface area contributed by atoms with Crippen LogP contribution in [0.3, 0.4) is 0 Å². The zero-order valence-corrected chi connectivity index (χ0v) is 18.0. The number of unbranched alkanes of at least 4 members (excludes halogenated alkanes) is 2. The molecule has 1 aromatic carbocycles. The first kappa shape index (κ1) is 21.0. The number of amides is 1. The van der Waals surface area contributed by atoms with Crippen LogP contribution in [0.2, 0.25) is 0 Å². The third-order valence-corrected chi connectivity index (χ3v) is 5.38. The Morgan fingerprint density at radius 1 is 1.35 bits per heavy atom. The van der Waals surface area contributed by atoms with Gasteiger partial charge in [-0.15, -0.1) is 0 Å². The minimum atomic E-state index is -0.0440. The van der Waals surface area contributed by atoms with Crippen molar-refractivity contribution in [3.05, 3.63) is 33.0 Å². The smallest absolute Gasteiger partial charge is 0.262 e. The highest BCUT2D eigenvalue weighted by molar-refractivity contribution is 9.10. The summed E-state index contributed by atoms with van der Waals surface area (Å²) in [7, 11) is 0. The summed E-state index contributed by atoms with van der Waals surface area (Å²) in [4.78, 5) is 29.6. The zero-order chi connectivity index (χ0) is 19.1. The first-order valence-electron chi connectivity index (χ1n) is 9.02. The van der Waals surface area contributed by atoms with Crippen LogP contribution in [-0.2, 0) is 11.3 Å². The van der Waals surface area contributed by atoms with Gasteiger partial charge < -0.3 is 5.32 Å². The SMILES string of the molecule is CCCCCn1c(SCC(=O)NCC(C)C)nc2ccc(Br)cc2c1=O. The molecule has 1 N–H and O–H groups in total. The number of hydrogen-bond acceptors (Lipinski definition) is 4. The number of fused-ring (bicyclic) bond motifs is 1. The normalized spacial score (nSPS) is 11.3. The van der Waals surface area contributed by atoms with E-state index in [9.17, 15) is 9.59 Å². The summed E-state index contributed by atoms with van der Waals surface area (Å²) in [5, 5.41) is 4.12. The van der Waals surface area contributed by atoms with Crippen molar-refractivity contribution in [1.82, 2.24) is 14.9 Å². The van der Waals surface area contributed by atoms with Gasteiger partial charge in [0, 0.05) is 17.6 Å². The summed E-state index contributed by atoms with van der Waals surface area (Å²) >= 11 is 4.74. The Bertz CT molecular complexity index is 820. The molecule has 5 nitrogen and oxygen atoms in total. The van der Waals surface area contributed by atoms with Gasteiger partial charge in [-0.25, -0.2) is 4.98 Å². The van der Waals surface area contributed by atoms with E-state index in [2.05, 4.69) is 47.0 Å². The Balaban J connectivity index is 2.27. The minimum Gasteiger partial charge on any atom is -0.355 e. The molecule has 0 aliphatic carbocycles. The van der Waals surface area contributed by atoms with Gasteiger partial charge >= 0.3 is 0 Å². The summed E-state index contributed by atoms with van der Waals surface area (Å²) in [5.74, 6) is 0.636. The van der Waals surface area contributed by atoms with Gasteiger partial charge in [-0.3, -0.25) is 14.2 Å². The molecule has 2 aromatic rings. The quantitative estimate of drug-likeness (QED) is 0.361. The predicted octanol–water partition coefficient (Wildman–Crippen LogP) is 4.21. The van der Waals surface area contributed by atoms with Crippen molar-refractivity contribution in [2.75, 3.05) is 12.3 Å². The molecule has 0 unspecified atom stereocenters.